The summed E-state index contributed by atoms with van der Waals surface area (Å²) < 4.78 is 11.1. The summed E-state index contributed by atoms with van der Waals surface area (Å²) in [6.07, 6.45) is 5.66. The zero-order valence-corrected chi connectivity index (χ0v) is 22.1. The number of amides is 3. The number of carbonyl (C=O) groups excluding carboxylic acids is 3. The third-order valence-electron chi connectivity index (χ3n) is 9.00. The van der Waals surface area contributed by atoms with Gasteiger partial charge in [0, 0.05) is 12.1 Å². The normalized spacial score (nSPS) is 28.1. The fourth-order valence-electron chi connectivity index (χ4n) is 7.04. The molecule has 1 heterocycles. The lowest BCUT2D eigenvalue weighted by atomic mass is 9.63. The molecule has 40 heavy (non-hydrogen) atoms. The molecule has 1 aliphatic heterocycles. The first-order chi connectivity index (χ1) is 19.5. The van der Waals surface area contributed by atoms with Crippen LogP contribution in [0, 0.1) is 35.5 Å². The number of nitrogens with one attached hydrogen (secondary N) is 1. The Morgan fingerprint density at radius 3 is 1.95 bits per heavy atom. The van der Waals surface area contributed by atoms with Crippen molar-refractivity contribution in [2.45, 2.75) is 18.9 Å². The molecular weight excluding hydrogens is 504 g/mol. The third-order valence-corrected chi connectivity index (χ3v) is 9.00. The molecule has 0 spiro atoms. The van der Waals surface area contributed by atoms with Crippen LogP contribution in [-0.4, -0.2) is 35.8 Å². The van der Waals surface area contributed by atoms with Gasteiger partial charge in [-0.25, -0.2) is 0 Å². The van der Waals surface area contributed by atoms with Crippen LogP contribution in [0.2, 0.25) is 0 Å². The number of imide groups is 1. The third kappa shape index (κ3) is 4.17. The van der Waals surface area contributed by atoms with E-state index in [0.717, 1.165) is 17.7 Å². The molecule has 8 rings (SSSR count). The number of methoxy groups -OCH3 is 1. The van der Waals surface area contributed by atoms with Crippen LogP contribution in [0.25, 0.3) is 0 Å². The standard InChI is InChI=1S/C33H30N2O5/c1-39-21-11-13-23(14-12-21)40-22-9-7-20(8-10-22)34-31(36)28(17-19-5-3-2-4-6-19)35-32(37)29-24-15-16-25(27-18-26(24)27)30(29)33(35)38/h2-16,24-30H,17-18H2,1H3,(H,34,36)/t24-,25-,26-,27+,28+,29+,30+/m1/s1. The summed E-state index contributed by atoms with van der Waals surface area (Å²) in [5.74, 6) is 1.80. The maximum absolute atomic E-state index is 13.8. The highest BCUT2D eigenvalue weighted by atomic mass is 16.5. The fraction of sp³-hybridized carbons (Fsp3) is 0.303. The molecule has 1 saturated heterocycles. The lowest BCUT2D eigenvalue weighted by Gasteiger charge is -2.37. The maximum Gasteiger partial charge on any atom is 0.248 e. The second-order valence-corrected chi connectivity index (χ2v) is 11.2. The van der Waals surface area contributed by atoms with E-state index in [1.165, 1.54) is 4.90 Å². The molecule has 202 valence electrons. The van der Waals surface area contributed by atoms with Gasteiger partial charge in [-0.15, -0.1) is 0 Å². The lowest BCUT2D eigenvalue weighted by molar-refractivity contribution is -0.146. The van der Waals surface area contributed by atoms with Gasteiger partial charge in [-0.3, -0.25) is 19.3 Å². The number of likely N-dealkylation sites (tertiary alicyclic amines) is 1. The Labute approximate surface area is 232 Å². The average molecular weight is 535 g/mol. The summed E-state index contributed by atoms with van der Waals surface area (Å²) in [6.45, 7) is 0. The van der Waals surface area contributed by atoms with Crippen LogP contribution in [0.15, 0.2) is 91.0 Å². The van der Waals surface area contributed by atoms with Gasteiger partial charge in [-0.1, -0.05) is 42.5 Å². The van der Waals surface area contributed by atoms with Gasteiger partial charge in [0.2, 0.25) is 17.7 Å². The van der Waals surface area contributed by atoms with Crippen LogP contribution in [0.1, 0.15) is 12.0 Å². The molecule has 3 amide bonds. The van der Waals surface area contributed by atoms with Crippen molar-refractivity contribution in [1.29, 1.82) is 0 Å². The monoisotopic (exact) mass is 534 g/mol. The van der Waals surface area contributed by atoms with Gasteiger partial charge in [0.15, 0.2) is 0 Å². The summed E-state index contributed by atoms with van der Waals surface area (Å²) >= 11 is 0. The summed E-state index contributed by atoms with van der Waals surface area (Å²) in [5.41, 5.74) is 1.45. The minimum atomic E-state index is -0.932. The van der Waals surface area contributed by atoms with Gasteiger partial charge >= 0.3 is 0 Å². The number of nitrogens with zero attached hydrogens (tertiary/aromatic N) is 1. The topological polar surface area (TPSA) is 84.9 Å². The van der Waals surface area contributed by atoms with E-state index in [1.807, 2.05) is 54.6 Å². The summed E-state index contributed by atoms with van der Waals surface area (Å²) in [6, 6.07) is 22.9. The Balaban J connectivity index is 1.11. The minimum absolute atomic E-state index is 0.111. The number of hydrogen-bond acceptors (Lipinski definition) is 5. The van der Waals surface area contributed by atoms with Crippen LogP contribution in [0.3, 0.4) is 0 Å². The first-order valence-corrected chi connectivity index (χ1v) is 13.8. The zero-order chi connectivity index (χ0) is 27.4. The fourth-order valence-corrected chi connectivity index (χ4v) is 7.04. The Bertz CT molecular complexity index is 1450. The molecular formula is C33H30N2O5. The van der Waals surface area contributed by atoms with E-state index in [0.29, 0.717) is 29.0 Å². The van der Waals surface area contributed by atoms with Crippen molar-refractivity contribution in [2.24, 2.45) is 35.5 Å². The van der Waals surface area contributed by atoms with Gasteiger partial charge in [0.1, 0.15) is 23.3 Å². The van der Waals surface area contributed by atoms with E-state index in [1.54, 1.807) is 31.4 Å². The number of allylic oxidation sites excluding steroid dienone is 2. The quantitative estimate of drug-likeness (QED) is 0.322. The number of benzene rings is 3. The highest BCUT2D eigenvalue weighted by Crippen LogP contribution is 2.65. The van der Waals surface area contributed by atoms with Crippen LogP contribution in [0.4, 0.5) is 5.69 Å². The van der Waals surface area contributed by atoms with E-state index >= 15 is 0 Å². The Morgan fingerprint density at radius 1 is 0.825 bits per heavy atom. The van der Waals surface area contributed by atoms with Crippen molar-refractivity contribution >= 4 is 23.4 Å². The van der Waals surface area contributed by atoms with Crippen molar-refractivity contribution < 1.29 is 23.9 Å². The van der Waals surface area contributed by atoms with Gasteiger partial charge in [-0.2, -0.15) is 0 Å². The number of hydrogen-bond donors (Lipinski definition) is 1. The zero-order valence-electron chi connectivity index (χ0n) is 22.1. The first-order valence-electron chi connectivity index (χ1n) is 13.8. The molecule has 2 saturated carbocycles. The van der Waals surface area contributed by atoms with Crippen LogP contribution in [-0.2, 0) is 20.8 Å². The van der Waals surface area contributed by atoms with Gasteiger partial charge in [0.05, 0.1) is 18.9 Å². The Kier molecular flexibility index (Phi) is 5.95. The van der Waals surface area contributed by atoms with Crippen molar-refractivity contribution in [1.82, 2.24) is 4.90 Å². The Hall–Kier alpha value is -4.39. The molecule has 3 fully saturated rings. The lowest BCUT2D eigenvalue weighted by Crippen LogP contribution is -2.49. The molecule has 0 radical (unpaired) electrons. The largest absolute Gasteiger partial charge is 0.497 e. The minimum Gasteiger partial charge on any atom is -0.497 e. The summed E-state index contributed by atoms with van der Waals surface area (Å²) in [4.78, 5) is 42.7. The number of carbonyl (C=O) groups is 3. The number of ether oxygens (including phenoxy) is 2. The van der Waals surface area contributed by atoms with Crippen molar-refractivity contribution in [2.75, 3.05) is 12.4 Å². The molecule has 5 aliphatic rings. The number of anilines is 1. The molecule has 2 bridgehead atoms. The second-order valence-electron chi connectivity index (χ2n) is 11.2. The van der Waals surface area contributed by atoms with Gasteiger partial charge < -0.3 is 14.8 Å². The SMILES string of the molecule is COc1ccc(Oc2ccc(NC(=O)[C@H](Cc3ccccc3)N3C(=O)[C@H]4[C@@H]5C=C[C@H]([C@@H]6C[C@H]56)[C@@H]4C3=O)cc2)cc1. The molecule has 0 aromatic heterocycles. The Morgan fingerprint density at radius 2 is 1.38 bits per heavy atom. The maximum atomic E-state index is 13.8. The highest BCUT2D eigenvalue weighted by molar-refractivity contribution is 6.10. The smallest absolute Gasteiger partial charge is 0.248 e. The van der Waals surface area contributed by atoms with E-state index in [4.69, 9.17) is 9.47 Å². The summed E-state index contributed by atoms with van der Waals surface area (Å²) in [5, 5.41) is 2.95. The molecule has 0 unspecified atom stereocenters. The molecule has 7 heteroatoms. The van der Waals surface area contributed by atoms with E-state index in [9.17, 15) is 14.4 Å². The van der Waals surface area contributed by atoms with E-state index < -0.39 is 6.04 Å². The number of rotatable bonds is 8. The summed E-state index contributed by atoms with van der Waals surface area (Å²) in [7, 11) is 1.61. The van der Waals surface area contributed by atoms with Crippen molar-refractivity contribution in [3.8, 4) is 17.2 Å². The molecule has 4 aliphatic carbocycles. The highest BCUT2D eigenvalue weighted by Gasteiger charge is 2.67. The van der Waals surface area contributed by atoms with Gasteiger partial charge in [0.25, 0.3) is 0 Å². The molecule has 7 atom stereocenters. The second kappa shape index (κ2) is 9.66. The molecule has 3 aromatic carbocycles. The molecule has 1 N–H and O–H groups in total. The predicted molar refractivity (Wildman–Crippen MR) is 149 cm³/mol. The first kappa shape index (κ1) is 24.6. The van der Waals surface area contributed by atoms with Crippen LogP contribution < -0.4 is 14.8 Å². The van der Waals surface area contributed by atoms with E-state index in [-0.39, 0.29) is 47.8 Å². The average Bonchev–Trinajstić information content (AvgIpc) is 3.77. The van der Waals surface area contributed by atoms with Crippen LogP contribution in [0.5, 0.6) is 17.2 Å². The van der Waals surface area contributed by atoms with Crippen LogP contribution >= 0.6 is 0 Å². The van der Waals surface area contributed by atoms with E-state index in [2.05, 4.69) is 17.5 Å². The van der Waals surface area contributed by atoms with Crippen molar-refractivity contribution in [3.05, 3.63) is 96.6 Å². The van der Waals surface area contributed by atoms with Gasteiger partial charge in [-0.05, 0) is 84.2 Å². The predicted octanol–water partition coefficient (Wildman–Crippen LogP) is 5.09. The molecule has 3 aromatic rings. The van der Waals surface area contributed by atoms with Crippen molar-refractivity contribution in [3.63, 3.8) is 0 Å². The molecule has 7 nitrogen and oxygen atoms in total.